The number of fused-ring (bicyclic) bond motifs is 9. The van der Waals surface area contributed by atoms with Gasteiger partial charge in [0.05, 0.1) is 5.69 Å². The van der Waals surface area contributed by atoms with Gasteiger partial charge in [0.25, 0.3) is 0 Å². The van der Waals surface area contributed by atoms with Gasteiger partial charge in [0.15, 0.2) is 0 Å². The molecule has 0 bridgehead atoms. The SMILES string of the molecule is CC1(C)c2ccccc2-c2ccc(N(c3cccc(-c4ccccc4)c3)c3cccc4c3-c3cc5ccccc5cc3-c3cccc(-c5ccccc5)c3O4)cc21. The number of nitrogens with zero attached hydrogens (tertiary/aromatic N) is 1. The summed E-state index contributed by atoms with van der Waals surface area (Å²) < 4.78 is 7.28. The molecule has 0 radical (unpaired) electrons. The Hall–Kier alpha value is -7.16. The predicted molar refractivity (Wildman–Crippen MR) is 238 cm³/mol. The van der Waals surface area contributed by atoms with Crippen molar-refractivity contribution in [3.63, 3.8) is 0 Å². The zero-order valence-corrected chi connectivity index (χ0v) is 31.9. The summed E-state index contributed by atoms with van der Waals surface area (Å²) >= 11 is 0. The first-order valence-corrected chi connectivity index (χ1v) is 19.8. The van der Waals surface area contributed by atoms with Gasteiger partial charge in [0.2, 0.25) is 0 Å². The average Bonchev–Trinajstić information content (AvgIpc) is 3.39. The maximum Gasteiger partial charge on any atom is 0.143 e. The predicted octanol–water partition coefficient (Wildman–Crippen LogP) is 15.4. The van der Waals surface area contributed by atoms with Crippen LogP contribution in [0.1, 0.15) is 25.0 Å². The lowest BCUT2D eigenvalue weighted by molar-refractivity contribution is 0.489. The highest BCUT2D eigenvalue weighted by molar-refractivity contribution is 6.05. The molecule has 11 rings (SSSR count). The summed E-state index contributed by atoms with van der Waals surface area (Å²) in [6.07, 6.45) is 0. The fourth-order valence-electron chi connectivity index (χ4n) is 9.26. The third-order valence-corrected chi connectivity index (χ3v) is 12.0. The van der Waals surface area contributed by atoms with Crippen molar-refractivity contribution in [2.24, 2.45) is 0 Å². The van der Waals surface area contributed by atoms with E-state index in [1.807, 2.05) is 0 Å². The Balaban J connectivity index is 1.20. The van der Waals surface area contributed by atoms with Crippen LogP contribution in [0.4, 0.5) is 17.1 Å². The smallest absolute Gasteiger partial charge is 0.143 e. The van der Waals surface area contributed by atoms with E-state index >= 15 is 0 Å². The van der Waals surface area contributed by atoms with E-state index in [9.17, 15) is 0 Å². The van der Waals surface area contributed by atoms with Gasteiger partial charge in [-0.2, -0.15) is 0 Å². The summed E-state index contributed by atoms with van der Waals surface area (Å²) in [5.41, 5.74) is 17.3. The van der Waals surface area contributed by atoms with Crippen molar-refractivity contribution in [3.8, 4) is 67.1 Å². The van der Waals surface area contributed by atoms with Gasteiger partial charge in [-0.1, -0.05) is 166 Å². The molecule has 1 aliphatic carbocycles. The van der Waals surface area contributed by atoms with E-state index in [1.54, 1.807) is 0 Å². The van der Waals surface area contributed by atoms with Gasteiger partial charge in [-0.3, -0.25) is 0 Å². The lowest BCUT2D eigenvalue weighted by Crippen LogP contribution is -2.17. The molecule has 2 aliphatic rings. The summed E-state index contributed by atoms with van der Waals surface area (Å²) in [7, 11) is 0. The van der Waals surface area contributed by atoms with Crippen LogP contribution in [0.5, 0.6) is 11.5 Å². The standard InChI is InChI=1S/C55H39NO/c1-55(2)49-27-12-11-24-44(49)45-31-30-42(35-50(45)55)56(41-23-13-22-38(32-41)36-16-5-3-6-17-36)51-28-15-29-52-53(51)48-34-40-21-10-9-20-39(40)33-47(48)46-26-14-25-43(54(46)57-52)37-18-7-4-8-19-37/h3-35H,1-2H3. The first-order chi connectivity index (χ1) is 28.0. The van der Waals surface area contributed by atoms with Gasteiger partial charge in [0, 0.05) is 33.5 Å². The minimum Gasteiger partial charge on any atom is -0.455 e. The third-order valence-electron chi connectivity index (χ3n) is 12.0. The second-order valence-electron chi connectivity index (χ2n) is 15.7. The van der Waals surface area contributed by atoms with Crippen LogP contribution in [0.2, 0.25) is 0 Å². The normalized spacial score (nSPS) is 13.0. The van der Waals surface area contributed by atoms with E-state index < -0.39 is 0 Å². The van der Waals surface area contributed by atoms with Crippen LogP contribution < -0.4 is 9.64 Å². The summed E-state index contributed by atoms with van der Waals surface area (Å²) in [5.74, 6) is 1.69. The lowest BCUT2D eigenvalue weighted by Gasteiger charge is -2.30. The molecular weight excluding hydrogens is 691 g/mol. The van der Waals surface area contributed by atoms with Crippen LogP contribution in [0.15, 0.2) is 200 Å². The van der Waals surface area contributed by atoms with Crippen LogP contribution >= 0.6 is 0 Å². The van der Waals surface area contributed by atoms with Gasteiger partial charge in [0.1, 0.15) is 11.5 Å². The van der Waals surface area contributed by atoms with Crippen LogP contribution in [0.3, 0.4) is 0 Å². The number of hydrogen-bond donors (Lipinski definition) is 0. The second-order valence-corrected chi connectivity index (χ2v) is 15.7. The Labute approximate surface area is 333 Å². The first kappa shape index (κ1) is 33.2. The molecule has 0 amide bonds. The van der Waals surface area contributed by atoms with Crippen LogP contribution in [-0.4, -0.2) is 0 Å². The van der Waals surface area contributed by atoms with E-state index in [0.717, 1.165) is 67.5 Å². The molecule has 9 aromatic carbocycles. The molecule has 270 valence electrons. The van der Waals surface area contributed by atoms with Crippen molar-refractivity contribution in [1.29, 1.82) is 0 Å². The summed E-state index contributed by atoms with van der Waals surface area (Å²) in [5, 5.41) is 2.38. The monoisotopic (exact) mass is 729 g/mol. The quantitative estimate of drug-likeness (QED) is 0.175. The van der Waals surface area contributed by atoms with E-state index in [2.05, 4.69) is 219 Å². The maximum atomic E-state index is 7.28. The minimum absolute atomic E-state index is 0.156. The molecular formula is C55H39NO. The van der Waals surface area contributed by atoms with Gasteiger partial charge in [-0.25, -0.2) is 0 Å². The van der Waals surface area contributed by atoms with E-state index in [-0.39, 0.29) is 5.41 Å². The number of para-hydroxylation sites is 1. The molecule has 0 unspecified atom stereocenters. The minimum atomic E-state index is -0.156. The fraction of sp³-hybridized carbons (Fsp3) is 0.0545. The van der Waals surface area contributed by atoms with Crippen molar-refractivity contribution in [2.45, 2.75) is 19.3 Å². The molecule has 0 N–H and O–H groups in total. The average molecular weight is 730 g/mol. The molecule has 1 heterocycles. The highest BCUT2D eigenvalue weighted by Gasteiger charge is 2.36. The second kappa shape index (κ2) is 13.0. The molecule has 1 aliphatic heterocycles. The highest BCUT2D eigenvalue weighted by Crippen LogP contribution is 2.56. The molecule has 0 aromatic heterocycles. The molecule has 2 nitrogen and oxygen atoms in total. The first-order valence-electron chi connectivity index (χ1n) is 19.8. The topological polar surface area (TPSA) is 12.5 Å². The van der Waals surface area contributed by atoms with Crippen molar-refractivity contribution in [3.05, 3.63) is 211 Å². The number of hydrogen-bond acceptors (Lipinski definition) is 2. The van der Waals surface area contributed by atoms with Crippen molar-refractivity contribution in [1.82, 2.24) is 0 Å². The summed E-state index contributed by atoms with van der Waals surface area (Å²) in [6.45, 7) is 4.71. The molecule has 0 atom stereocenters. The Morgan fingerprint density at radius 2 is 0.982 bits per heavy atom. The van der Waals surface area contributed by atoms with Crippen LogP contribution in [0.25, 0.3) is 66.4 Å². The molecule has 57 heavy (non-hydrogen) atoms. The number of rotatable bonds is 5. The highest BCUT2D eigenvalue weighted by atomic mass is 16.5. The Morgan fingerprint density at radius 3 is 1.79 bits per heavy atom. The summed E-state index contributed by atoms with van der Waals surface area (Å²) in [6, 6.07) is 72.6. The van der Waals surface area contributed by atoms with Gasteiger partial charge in [-0.15, -0.1) is 0 Å². The van der Waals surface area contributed by atoms with Crippen molar-refractivity contribution >= 4 is 27.8 Å². The molecule has 9 aromatic rings. The molecule has 0 fully saturated rings. The van der Waals surface area contributed by atoms with Gasteiger partial charge >= 0.3 is 0 Å². The Morgan fingerprint density at radius 1 is 0.386 bits per heavy atom. The van der Waals surface area contributed by atoms with Crippen molar-refractivity contribution < 1.29 is 4.74 Å². The van der Waals surface area contributed by atoms with Crippen LogP contribution in [0, 0.1) is 0 Å². The molecule has 0 saturated carbocycles. The van der Waals surface area contributed by atoms with E-state index in [4.69, 9.17) is 4.74 Å². The molecule has 2 heteroatoms. The fourth-order valence-corrected chi connectivity index (χ4v) is 9.26. The number of benzene rings is 9. The van der Waals surface area contributed by atoms with Gasteiger partial charge < -0.3 is 9.64 Å². The van der Waals surface area contributed by atoms with Crippen LogP contribution in [-0.2, 0) is 5.41 Å². The van der Waals surface area contributed by atoms with Crippen molar-refractivity contribution in [2.75, 3.05) is 4.90 Å². The van der Waals surface area contributed by atoms with E-state index in [0.29, 0.717) is 0 Å². The van der Waals surface area contributed by atoms with E-state index in [1.165, 1.54) is 38.6 Å². The zero-order valence-electron chi connectivity index (χ0n) is 31.9. The van der Waals surface area contributed by atoms with Gasteiger partial charge in [-0.05, 0) is 109 Å². The molecule has 0 saturated heterocycles. The number of anilines is 3. The largest absolute Gasteiger partial charge is 0.455 e. The zero-order chi connectivity index (χ0) is 38.1. The Kier molecular flexibility index (Phi) is 7.55. The lowest BCUT2D eigenvalue weighted by atomic mass is 9.82. The number of ether oxygens (including phenoxy) is 1. The molecule has 0 spiro atoms. The third kappa shape index (κ3) is 5.33. The Bertz CT molecular complexity index is 3020. The summed E-state index contributed by atoms with van der Waals surface area (Å²) in [4.78, 5) is 2.45. The maximum absolute atomic E-state index is 7.28.